The van der Waals surface area contributed by atoms with Gasteiger partial charge in [-0.2, -0.15) is 0 Å². The Bertz CT molecular complexity index is 282. The topological polar surface area (TPSA) is 38.0 Å². The van der Waals surface area contributed by atoms with Gasteiger partial charge in [-0.1, -0.05) is 6.42 Å². The molecule has 13 heavy (non-hydrogen) atoms. The highest BCUT2D eigenvalue weighted by Gasteiger charge is 2.28. The predicted octanol–water partition coefficient (Wildman–Crippen LogP) is 1.53. The van der Waals surface area contributed by atoms with Gasteiger partial charge in [0.2, 0.25) is 0 Å². The molecule has 0 aliphatic heterocycles. The predicted molar refractivity (Wildman–Crippen MR) is 50.5 cm³/mol. The van der Waals surface area contributed by atoms with E-state index in [0.717, 1.165) is 31.5 Å². The Kier molecular flexibility index (Phi) is 2.36. The number of hydrogen-bond acceptors (Lipinski definition) is 2. The monoisotopic (exact) mass is 180 g/mol. The minimum Gasteiger partial charge on any atom is -0.392 e. The summed E-state index contributed by atoms with van der Waals surface area (Å²) in [4.78, 5) is 4.32. The van der Waals surface area contributed by atoms with Crippen molar-refractivity contribution in [3.05, 3.63) is 18.2 Å². The van der Waals surface area contributed by atoms with Crippen molar-refractivity contribution in [2.45, 2.75) is 44.8 Å². The molecule has 3 nitrogen and oxygen atoms in total. The molecular formula is C10H16N2O. The fraction of sp³-hybridized carbons (Fsp3) is 0.700. The molecule has 1 aromatic rings. The minimum atomic E-state index is -0.166. The van der Waals surface area contributed by atoms with Crippen molar-refractivity contribution in [1.29, 1.82) is 0 Å². The van der Waals surface area contributed by atoms with Crippen LogP contribution in [0.5, 0.6) is 0 Å². The molecule has 0 saturated heterocycles. The zero-order valence-electron chi connectivity index (χ0n) is 7.98. The van der Waals surface area contributed by atoms with Crippen LogP contribution in [0.15, 0.2) is 12.5 Å². The Morgan fingerprint density at radius 2 is 2.46 bits per heavy atom. The molecule has 1 N–H and O–H groups in total. The van der Waals surface area contributed by atoms with Gasteiger partial charge in [-0.05, 0) is 19.8 Å². The Balaban J connectivity index is 2.15. The normalized spacial score (nSPS) is 28.2. The minimum absolute atomic E-state index is 0.166. The number of rotatable bonds is 2. The number of aryl methyl sites for hydroxylation is 1. The van der Waals surface area contributed by atoms with Gasteiger partial charge in [-0.15, -0.1) is 0 Å². The summed E-state index contributed by atoms with van der Waals surface area (Å²) in [6.07, 6.45) is 6.89. The summed E-state index contributed by atoms with van der Waals surface area (Å²) in [5.41, 5.74) is 1.06. The van der Waals surface area contributed by atoms with Crippen LogP contribution in [0.3, 0.4) is 0 Å². The van der Waals surface area contributed by atoms with Crippen molar-refractivity contribution in [3.63, 3.8) is 0 Å². The van der Waals surface area contributed by atoms with Crippen LogP contribution in [-0.4, -0.2) is 20.8 Å². The molecular weight excluding hydrogens is 164 g/mol. The van der Waals surface area contributed by atoms with Gasteiger partial charge in [0.25, 0.3) is 0 Å². The lowest BCUT2D eigenvalue weighted by atomic mass is 10.0. The standard InChI is InChI=1S/C10H16N2O/c1-2-12-6-9(11-7-12)8-4-3-5-10(8)13/h6-8,10,13H,2-5H2,1H3/t8-,10+/m0/s1. The largest absolute Gasteiger partial charge is 0.392 e. The molecule has 2 atom stereocenters. The fourth-order valence-electron chi connectivity index (χ4n) is 2.03. The SMILES string of the molecule is CCn1cnc([C@@H]2CCC[C@H]2O)c1. The van der Waals surface area contributed by atoms with Crippen LogP contribution in [0.1, 0.15) is 37.8 Å². The average molecular weight is 180 g/mol. The van der Waals surface area contributed by atoms with E-state index in [2.05, 4.69) is 22.7 Å². The average Bonchev–Trinajstić information content (AvgIpc) is 2.71. The Morgan fingerprint density at radius 1 is 1.62 bits per heavy atom. The number of imidazole rings is 1. The van der Waals surface area contributed by atoms with Gasteiger partial charge in [0.05, 0.1) is 18.1 Å². The van der Waals surface area contributed by atoms with Gasteiger partial charge >= 0.3 is 0 Å². The van der Waals surface area contributed by atoms with Gasteiger partial charge in [-0.3, -0.25) is 0 Å². The van der Waals surface area contributed by atoms with Crippen molar-refractivity contribution >= 4 is 0 Å². The number of aliphatic hydroxyl groups is 1. The molecule has 3 heteroatoms. The second kappa shape index (κ2) is 3.50. The van der Waals surface area contributed by atoms with Gasteiger partial charge in [0.15, 0.2) is 0 Å². The van der Waals surface area contributed by atoms with Crippen LogP contribution in [0.4, 0.5) is 0 Å². The van der Waals surface area contributed by atoms with E-state index in [0.29, 0.717) is 0 Å². The Morgan fingerprint density at radius 3 is 3.00 bits per heavy atom. The van der Waals surface area contributed by atoms with Gasteiger partial charge < -0.3 is 9.67 Å². The van der Waals surface area contributed by atoms with E-state index in [1.54, 1.807) is 0 Å². The second-order valence-electron chi connectivity index (χ2n) is 3.73. The molecule has 0 amide bonds. The Hall–Kier alpha value is -0.830. The first-order chi connectivity index (χ1) is 6.31. The summed E-state index contributed by atoms with van der Waals surface area (Å²) in [5, 5.41) is 9.68. The molecule has 1 fully saturated rings. The highest BCUT2D eigenvalue weighted by Crippen LogP contribution is 2.33. The first-order valence-corrected chi connectivity index (χ1v) is 5.01. The van der Waals surface area contributed by atoms with Gasteiger partial charge in [0, 0.05) is 18.7 Å². The number of aliphatic hydroxyl groups excluding tert-OH is 1. The molecule has 1 aromatic heterocycles. The Labute approximate surface area is 78.4 Å². The molecule has 0 aromatic carbocycles. The van der Waals surface area contributed by atoms with E-state index in [1.807, 2.05) is 6.33 Å². The third-order valence-electron chi connectivity index (χ3n) is 2.88. The van der Waals surface area contributed by atoms with E-state index in [4.69, 9.17) is 0 Å². The molecule has 0 spiro atoms. The van der Waals surface area contributed by atoms with E-state index in [-0.39, 0.29) is 12.0 Å². The maximum atomic E-state index is 9.68. The smallest absolute Gasteiger partial charge is 0.0949 e. The fourth-order valence-corrected chi connectivity index (χ4v) is 2.03. The third kappa shape index (κ3) is 1.61. The van der Waals surface area contributed by atoms with Crippen molar-refractivity contribution in [2.24, 2.45) is 0 Å². The summed E-state index contributed by atoms with van der Waals surface area (Å²) in [5.74, 6) is 0.285. The molecule has 0 bridgehead atoms. The zero-order chi connectivity index (χ0) is 9.26. The van der Waals surface area contributed by atoms with Crippen LogP contribution in [0.2, 0.25) is 0 Å². The first-order valence-electron chi connectivity index (χ1n) is 5.01. The number of nitrogens with zero attached hydrogens (tertiary/aromatic N) is 2. The van der Waals surface area contributed by atoms with Crippen molar-refractivity contribution in [3.8, 4) is 0 Å². The van der Waals surface area contributed by atoms with Crippen LogP contribution in [0.25, 0.3) is 0 Å². The van der Waals surface area contributed by atoms with Crippen molar-refractivity contribution < 1.29 is 5.11 Å². The van der Waals surface area contributed by atoms with Crippen LogP contribution < -0.4 is 0 Å². The summed E-state index contributed by atoms with van der Waals surface area (Å²) in [6.45, 7) is 3.05. The second-order valence-corrected chi connectivity index (χ2v) is 3.73. The van der Waals surface area contributed by atoms with Crippen LogP contribution >= 0.6 is 0 Å². The van der Waals surface area contributed by atoms with Gasteiger partial charge in [-0.25, -0.2) is 4.98 Å². The highest BCUT2D eigenvalue weighted by molar-refractivity contribution is 5.09. The lowest BCUT2D eigenvalue weighted by Crippen LogP contribution is -2.11. The molecule has 0 radical (unpaired) electrons. The van der Waals surface area contributed by atoms with Crippen LogP contribution in [-0.2, 0) is 6.54 Å². The lowest BCUT2D eigenvalue weighted by molar-refractivity contribution is 0.162. The molecule has 1 saturated carbocycles. The van der Waals surface area contributed by atoms with Crippen molar-refractivity contribution in [1.82, 2.24) is 9.55 Å². The zero-order valence-corrected chi connectivity index (χ0v) is 7.98. The van der Waals surface area contributed by atoms with E-state index < -0.39 is 0 Å². The van der Waals surface area contributed by atoms with E-state index in [9.17, 15) is 5.11 Å². The summed E-state index contributed by atoms with van der Waals surface area (Å²) in [6, 6.07) is 0. The first kappa shape index (κ1) is 8.75. The third-order valence-corrected chi connectivity index (χ3v) is 2.88. The maximum Gasteiger partial charge on any atom is 0.0949 e. The molecule has 1 aliphatic carbocycles. The summed E-state index contributed by atoms with van der Waals surface area (Å²) in [7, 11) is 0. The molecule has 2 rings (SSSR count). The number of hydrogen-bond donors (Lipinski definition) is 1. The number of aromatic nitrogens is 2. The molecule has 72 valence electrons. The van der Waals surface area contributed by atoms with E-state index in [1.165, 1.54) is 0 Å². The van der Waals surface area contributed by atoms with E-state index >= 15 is 0 Å². The molecule has 1 aliphatic rings. The summed E-state index contributed by atoms with van der Waals surface area (Å²) >= 11 is 0. The lowest BCUT2D eigenvalue weighted by Gasteiger charge is -2.10. The van der Waals surface area contributed by atoms with Crippen molar-refractivity contribution in [2.75, 3.05) is 0 Å². The highest BCUT2D eigenvalue weighted by atomic mass is 16.3. The molecule has 1 heterocycles. The molecule has 0 unspecified atom stereocenters. The quantitative estimate of drug-likeness (QED) is 0.749. The maximum absolute atomic E-state index is 9.68. The van der Waals surface area contributed by atoms with Gasteiger partial charge in [0.1, 0.15) is 0 Å². The van der Waals surface area contributed by atoms with Crippen LogP contribution in [0, 0.1) is 0 Å². The summed E-state index contributed by atoms with van der Waals surface area (Å²) < 4.78 is 2.06.